The molecule has 0 aliphatic carbocycles. The molecule has 2 rings (SSSR count). The Labute approximate surface area is 120 Å². The zero-order valence-electron chi connectivity index (χ0n) is 11.1. The highest BCUT2D eigenvalue weighted by atomic mass is 35.5. The van der Waals surface area contributed by atoms with Crippen LogP contribution in [0, 0.1) is 10.1 Å². The molecule has 2 aromatic rings. The van der Waals surface area contributed by atoms with Gasteiger partial charge in [-0.25, -0.2) is 4.79 Å². The zero-order valence-corrected chi connectivity index (χ0v) is 11.9. The Morgan fingerprint density at radius 1 is 1.35 bits per heavy atom. The molecule has 0 aliphatic rings. The van der Waals surface area contributed by atoms with Crippen LogP contribution < -0.4 is 5.69 Å². The predicted molar refractivity (Wildman–Crippen MR) is 76.3 cm³/mol. The van der Waals surface area contributed by atoms with Gasteiger partial charge >= 0.3 is 5.69 Å². The van der Waals surface area contributed by atoms with Crippen LogP contribution in [0.5, 0.6) is 0 Å². The molecule has 6 nitrogen and oxygen atoms in total. The standard InChI is InChI=1S/C13H14ClN3O3/c1-9(2)16-6-5-15(13(16)18)8-10-3-4-11(14)12(7-10)17(19)20/h3-7,9H,8H2,1-2H3. The minimum Gasteiger partial charge on any atom is -0.297 e. The molecule has 0 fully saturated rings. The smallest absolute Gasteiger partial charge is 0.297 e. The third-order valence-electron chi connectivity index (χ3n) is 2.99. The lowest BCUT2D eigenvalue weighted by Gasteiger charge is -2.05. The lowest BCUT2D eigenvalue weighted by atomic mass is 10.2. The molecule has 0 spiro atoms. The van der Waals surface area contributed by atoms with Crippen molar-refractivity contribution in [2.45, 2.75) is 26.4 Å². The minimum atomic E-state index is -0.534. The van der Waals surface area contributed by atoms with E-state index in [0.29, 0.717) is 5.56 Å². The van der Waals surface area contributed by atoms with Crippen LogP contribution in [0.25, 0.3) is 0 Å². The summed E-state index contributed by atoms with van der Waals surface area (Å²) in [6.07, 6.45) is 3.38. The largest absolute Gasteiger partial charge is 0.328 e. The van der Waals surface area contributed by atoms with Crippen molar-refractivity contribution in [1.29, 1.82) is 0 Å². The van der Waals surface area contributed by atoms with Gasteiger partial charge in [-0.2, -0.15) is 0 Å². The average Bonchev–Trinajstić information content (AvgIpc) is 2.73. The second-order valence-corrected chi connectivity index (χ2v) is 5.16. The molecule has 1 heterocycles. The number of hydrogen-bond acceptors (Lipinski definition) is 3. The number of nitro groups is 1. The maximum Gasteiger partial charge on any atom is 0.328 e. The molecule has 0 atom stereocenters. The van der Waals surface area contributed by atoms with Gasteiger partial charge in [0.05, 0.1) is 11.5 Å². The Morgan fingerprint density at radius 3 is 2.60 bits per heavy atom. The third kappa shape index (κ3) is 2.75. The van der Waals surface area contributed by atoms with Crippen molar-refractivity contribution >= 4 is 17.3 Å². The van der Waals surface area contributed by atoms with E-state index in [0.717, 1.165) is 0 Å². The van der Waals surface area contributed by atoms with Gasteiger partial charge in [0.2, 0.25) is 0 Å². The summed E-state index contributed by atoms with van der Waals surface area (Å²) in [5.74, 6) is 0. The van der Waals surface area contributed by atoms with Gasteiger partial charge in [0.15, 0.2) is 0 Å². The number of nitrogens with zero attached hydrogens (tertiary/aromatic N) is 3. The number of nitro benzene ring substituents is 1. The number of halogens is 1. The topological polar surface area (TPSA) is 70.1 Å². The summed E-state index contributed by atoms with van der Waals surface area (Å²) >= 11 is 5.76. The van der Waals surface area contributed by atoms with E-state index in [1.54, 1.807) is 23.0 Å². The van der Waals surface area contributed by atoms with E-state index in [-0.39, 0.29) is 29.0 Å². The molecule has 0 saturated heterocycles. The highest BCUT2D eigenvalue weighted by Gasteiger charge is 2.14. The van der Waals surface area contributed by atoms with Gasteiger partial charge in [0.1, 0.15) is 5.02 Å². The first-order valence-corrected chi connectivity index (χ1v) is 6.48. The first kappa shape index (κ1) is 14.3. The first-order chi connectivity index (χ1) is 9.40. The van der Waals surface area contributed by atoms with E-state index in [1.807, 2.05) is 13.8 Å². The van der Waals surface area contributed by atoms with Crippen LogP contribution in [0.4, 0.5) is 5.69 Å². The van der Waals surface area contributed by atoms with Crippen LogP contribution in [-0.4, -0.2) is 14.1 Å². The molecule has 0 unspecified atom stereocenters. The maximum atomic E-state index is 12.1. The summed E-state index contributed by atoms with van der Waals surface area (Å²) in [6, 6.07) is 4.61. The van der Waals surface area contributed by atoms with Crippen LogP contribution >= 0.6 is 11.6 Å². The summed E-state index contributed by atoms with van der Waals surface area (Å²) in [5, 5.41) is 10.9. The average molecular weight is 296 g/mol. The number of imidazole rings is 1. The van der Waals surface area contributed by atoms with E-state index >= 15 is 0 Å². The van der Waals surface area contributed by atoms with Crippen molar-refractivity contribution in [3.05, 3.63) is 61.8 Å². The second-order valence-electron chi connectivity index (χ2n) is 4.75. The van der Waals surface area contributed by atoms with Crippen LogP contribution in [0.15, 0.2) is 35.4 Å². The summed E-state index contributed by atoms with van der Waals surface area (Å²) in [4.78, 5) is 22.4. The summed E-state index contributed by atoms with van der Waals surface area (Å²) < 4.78 is 3.11. The molecule has 1 aromatic heterocycles. The lowest BCUT2D eigenvalue weighted by Crippen LogP contribution is -2.25. The SMILES string of the molecule is CC(C)n1ccn(Cc2ccc(Cl)c([N+](=O)[O-])c2)c1=O. The van der Waals surface area contributed by atoms with E-state index < -0.39 is 4.92 Å². The fourth-order valence-electron chi connectivity index (χ4n) is 1.93. The monoisotopic (exact) mass is 295 g/mol. The quantitative estimate of drug-likeness (QED) is 0.643. The molecule has 0 saturated carbocycles. The summed E-state index contributed by atoms with van der Waals surface area (Å²) in [7, 11) is 0. The molecule has 0 amide bonds. The Balaban J connectivity index is 2.33. The van der Waals surface area contributed by atoms with Crippen molar-refractivity contribution in [3.8, 4) is 0 Å². The van der Waals surface area contributed by atoms with Crippen molar-refractivity contribution in [2.24, 2.45) is 0 Å². The molecular formula is C13H14ClN3O3. The first-order valence-electron chi connectivity index (χ1n) is 6.10. The van der Waals surface area contributed by atoms with Gasteiger partial charge in [-0.05, 0) is 25.5 Å². The Morgan fingerprint density at radius 2 is 2.05 bits per heavy atom. The normalized spacial score (nSPS) is 11.0. The minimum absolute atomic E-state index is 0.0725. The highest BCUT2D eigenvalue weighted by Crippen LogP contribution is 2.25. The number of rotatable bonds is 4. The van der Waals surface area contributed by atoms with Gasteiger partial charge in [-0.3, -0.25) is 19.2 Å². The van der Waals surface area contributed by atoms with Crippen LogP contribution in [-0.2, 0) is 6.54 Å². The number of aromatic nitrogens is 2. The molecular weight excluding hydrogens is 282 g/mol. The molecule has 0 N–H and O–H groups in total. The van der Waals surface area contributed by atoms with E-state index in [1.165, 1.54) is 16.7 Å². The fourth-order valence-corrected chi connectivity index (χ4v) is 2.12. The van der Waals surface area contributed by atoms with Gasteiger partial charge in [-0.1, -0.05) is 17.7 Å². The lowest BCUT2D eigenvalue weighted by molar-refractivity contribution is -0.384. The van der Waals surface area contributed by atoms with Crippen molar-refractivity contribution in [1.82, 2.24) is 9.13 Å². The second kappa shape index (κ2) is 5.50. The summed E-state index contributed by atoms with van der Waals surface area (Å²) in [5.41, 5.74) is 0.364. The highest BCUT2D eigenvalue weighted by molar-refractivity contribution is 6.32. The molecule has 1 aromatic carbocycles. The third-order valence-corrected chi connectivity index (χ3v) is 3.31. The van der Waals surface area contributed by atoms with Gasteiger partial charge in [-0.15, -0.1) is 0 Å². The molecule has 7 heteroatoms. The van der Waals surface area contributed by atoms with Crippen LogP contribution in [0.3, 0.4) is 0 Å². The number of benzene rings is 1. The molecule has 106 valence electrons. The predicted octanol–water partition coefficient (Wildman–Crippen LogP) is 2.84. The molecule has 0 radical (unpaired) electrons. The van der Waals surface area contributed by atoms with E-state index in [2.05, 4.69) is 0 Å². The Hall–Kier alpha value is -2.08. The Bertz CT molecular complexity index is 703. The van der Waals surface area contributed by atoms with Gasteiger partial charge < -0.3 is 0 Å². The molecule has 20 heavy (non-hydrogen) atoms. The Kier molecular flexibility index (Phi) is 3.94. The van der Waals surface area contributed by atoms with Crippen LogP contribution in [0.2, 0.25) is 5.02 Å². The van der Waals surface area contributed by atoms with Crippen LogP contribution in [0.1, 0.15) is 25.5 Å². The summed E-state index contributed by atoms with van der Waals surface area (Å²) in [6.45, 7) is 4.11. The molecule has 0 bridgehead atoms. The molecule has 0 aliphatic heterocycles. The number of hydrogen-bond donors (Lipinski definition) is 0. The van der Waals surface area contributed by atoms with Crippen molar-refractivity contribution < 1.29 is 4.92 Å². The zero-order chi connectivity index (χ0) is 14.9. The van der Waals surface area contributed by atoms with Crippen molar-refractivity contribution in [2.75, 3.05) is 0 Å². The van der Waals surface area contributed by atoms with Gasteiger partial charge in [0.25, 0.3) is 5.69 Å². The maximum absolute atomic E-state index is 12.1. The van der Waals surface area contributed by atoms with E-state index in [4.69, 9.17) is 11.6 Å². The fraction of sp³-hybridized carbons (Fsp3) is 0.308. The van der Waals surface area contributed by atoms with Crippen molar-refractivity contribution in [3.63, 3.8) is 0 Å². The van der Waals surface area contributed by atoms with Gasteiger partial charge in [0, 0.05) is 24.5 Å². The van der Waals surface area contributed by atoms with E-state index in [9.17, 15) is 14.9 Å².